The molecule has 1 atom stereocenters. The zero-order valence-corrected chi connectivity index (χ0v) is 7.40. The zero-order chi connectivity index (χ0) is 8.39. The van der Waals surface area contributed by atoms with Crippen LogP contribution in [-0.2, 0) is 0 Å². The van der Waals surface area contributed by atoms with Gasteiger partial charge in [-0.2, -0.15) is 0 Å². The Kier molecular flexibility index (Phi) is 1.99. The Hall–Kier alpha value is -1.04. The molecule has 0 heterocycles. The van der Waals surface area contributed by atoms with Gasteiger partial charge in [-0.3, -0.25) is 0 Å². The molecule has 12 heavy (non-hydrogen) atoms. The van der Waals surface area contributed by atoms with E-state index in [1.165, 1.54) is 6.42 Å². The summed E-state index contributed by atoms with van der Waals surface area (Å²) in [7, 11) is 0. The maximum absolute atomic E-state index is 2.30. The van der Waals surface area contributed by atoms with Crippen LogP contribution in [0, 0.1) is 11.8 Å². The lowest BCUT2D eigenvalue weighted by molar-refractivity contribution is 0.685. The highest BCUT2D eigenvalue weighted by atomic mass is 14.2. The lowest BCUT2D eigenvalue weighted by Gasteiger charge is -2.14. The van der Waals surface area contributed by atoms with Crippen LogP contribution in [-0.4, -0.2) is 0 Å². The molecular formula is C12H14. The summed E-state index contributed by atoms with van der Waals surface area (Å²) in [6.45, 7) is 2.25. The predicted molar refractivity (Wildman–Crippen MR) is 52.8 cm³/mol. The minimum Gasteiger partial charge on any atom is -0.0773 e. The third-order valence-electron chi connectivity index (χ3n) is 2.63. The molecule has 62 valence electrons. The summed E-state index contributed by atoms with van der Waals surface area (Å²) in [4.78, 5) is 0. The molecule has 0 fully saturated rings. The van der Waals surface area contributed by atoms with Crippen LogP contribution in [0.3, 0.4) is 0 Å². The van der Waals surface area contributed by atoms with E-state index >= 15 is 0 Å². The Morgan fingerprint density at radius 2 is 1.83 bits per heavy atom. The zero-order valence-electron chi connectivity index (χ0n) is 7.40. The molecule has 0 N–H and O–H groups in total. The molecule has 0 amide bonds. The fourth-order valence-electron chi connectivity index (χ4n) is 1.92. The van der Waals surface area contributed by atoms with Crippen molar-refractivity contribution in [1.29, 1.82) is 0 Å². The van der Waals surface area contributed by atoms with Crippen LogP contribution < -0.4 is 0 Å². The Morgan fingerprint density at radius 1 is 1.08 bits per heavy atom. The van der Waals surface area contributed by atoms with Crippen LogP contribution in [0.15, 0.2) is 48.1 Å². The average Bonchev–Trinajstić information content (AvgIpc) is 2.74. The normalized spacial score (nSPS) is 27.1. The first-order chi connectivity index (χ1) is 5.92. The Bertz CT molecular complexity index is 264. The number of allylic oxidation sites excluding steroid dienone is 8. The molecule has 0 heteroatoms. The van der Waals surface area contributed by atoms with E-state index in [1.807, 2.05) is 0 Å². The number of hydrogen-bond acceptors (Lipinski definition) is 0. The second kappa shape index (κ2) is 3.14. The van der Waals surface area contributed by atoms with Gasteiger partial charge >= 0.3 is 0 Å². The Labute approximate surface area is 74.0 Å². The maximum Gasteiger partial charge on any atom is 0.0172 e. The molecule has 0 aliphatic heterocycles. The van der Waals surface area contributed by atoms with Gasteiger partial charge in [0.05, 0.1) is 0 Å². The number of rotatable bonds is 2. The summed E-state index contributed by atoms with van der Waals surface area (Å²) in [5, 5.41) is 0. The van der Waals surface area contributed by atoms with E-state index in [4.69, 9.17) is 0 Å². The van der Waals surface area contributed by atoms with Crippen LogP contribution in [0.2, 0.25) is 0 Å². The molecule has 0 saturated heterocycles. The van der Waals surface area contributed by atoms with Crippen molar-refractivity contribution in [2.45, 2.75) is 13.3 Å². The van der Waals surface area contributed by atoms with E-state index < -0.39 is 0 Å². The molecule has 0 nitrogen and oxygen atoms in total. The van der Waals surface area contributed by atoms with Crippen molar-refractivity contribution in [2.24, 2.45) is 11.8 Å². The SMILES string of the molecule is CCC1C=CC=C1C1C=CC=C1. The lowest BCUT2D eigenvalue weighted by atomic mass is 9.90. The van der Waals surface area contributed by atoms with Crippen LogP contribution in [0.25, 0.3) is 0 Å². The van der Waals surface area contributed by atoms with E-state index in [2.05, 4.69) is 49.5 Å². The fourth-order valence-corrected chi connectivity index (χ4v) is 1.92. The molecule has 0 radical (unpaired) electrons. The standard InChI is InChI=1S/C12H14/c1-2-10-8-5-9-12(10)11-6-3-4-7-11/h3-11H,2H2,1H3. The van der Waals surface area contributed by atoms with Gasteiger partial charge in [-0.05, 0) is 12.3 Å². The van der Waals surface area contributed by atoms with Gasteiger partial charge < -0.3 is 0 Å². The summed E-state index contributed by atoms with van der Waals surface area (Å²) in [6, 6.07) is 0. The Balaban J connectivity index is 2.14. The van der Waals surface area contributed by atoms with Crippen molar-refractivity contribution >= 4 is 0 Å². The smallest absolute Gasteiger partial charge is 0.0172 e. The first kappa shape index (κ1) is 7.60. The average molecular weight is 158 g/mol. The first-order valence-corrected chi connectivity index (χ1v) is 4.65. The molecule has 0 aromatic rings. The van der Waals surface area contributed by atoms with Crippen molar-refractivity contribution in [3.05, 3.63) is 48.1 Å². The van der Waals surface area contributed by atoms with Gasteiger partial charge in [-0.15, -0.1) is 0 Å². The fraction of sp³-hybridized carbons (Fsp3) is 0.333. The third-order valence-corrected chi connectivity index (χ3v) is 2.63. The highest BCUT2D eigenvalue weighted by molar-refractivity contribution is 5.37. The maximum atomic E-state index is 2.30. The van der Waals surface area contributed by atoms with Gasteiger partial charge in [0.25, 0.3) is 0 Å². The van der Waals surface area contributed by atoms with Crippen molar-refractivity contribution < 1.29 is 0 Å². The van der Waals surface area contributed by atoms with E-state index in [9.17, 15) is 0 Å². The summed E-state index contributed by atoms with van der Waals surface area (Å²) in [5.41, 5.74) is 1.56. The van der Waals surface area contributed by atoms with Gasteiger partial charge in [-0.25, -0.2) is 0 Å². The molecule has 0 aromatic carbocycles. The molecule has 0 bridgehead atoms. The minimum absolute atomic E-state index is 0.574. The third kappa shape index (κ3) is 1.18. The second-order valence-electron chi connectivity index (χ2n) is 3.36. The van der Waals surface area contributed by atoms with Crippen molar-refractivity contribution in [3.63, 3.8) is 0 Å². The van der Waals surface area contributed by atoms with Gasteiger partial charge in [-0.1, -0.05) is 55.0 Å². The topological polar surface area (TPSA) is 0 Å². The molecule has 2 aliphatic rings. The number of hydrogen-bond donors (Lipinski definition) is 0. The van der Waals surface area contributed by atoms with Crippen LogP contribution >= 0.6 is 0 Å². The largest absolute Gasteiger partial charge is 0.0773 e. The molecule has 1 unspecified atom stereocenters. The van der Waals surface area contributed by atoms with Crippen LogP contribution in [0.1, 0.15) is 13.3 Å². The monoisotopic (exact) mass is 158 g/mol. The first-order valence-electron chi connectivity index (χ1n) is 4.65. The molecule has 0 saturated carbocycles. The van der Waals surface area contributed by atoms with Crippen molar-refractivity contribution in [2.75, 3.05) is 0 Å². The molecule has 0 spiro atoms. The quantitative estimate of drug-likeness (QED) is 0.578. The van der Waals surface area contributed by atoms with Crippen molar-refractivity contribution in [1.82, 2.24) is 0 Å². The molecule has 2 rings (SSSR count). The Morgan fingerprint density at radius 3 is 2.50 bits per heavy atom. The second-order valence-corrected chi connectivity index (χ2v) is 3.36. The van der Waals surface area contributed by atoms with Crippen LogP contribution in [0.5, 0.6) is 0 Å². The summed E-state index contributed by atoms with van der Waals surface area (Å²) >= 11 is 0. The van der Waals surface area contributed by atoms with Gasteiger partial charge in [0.2, 0.25) is 0 Å². The van der Waals surface area contributed by atoms with Crippen molar-refractivity contribution in [3.8, 4) is 0 Å². The van der Waals surface area contributed by atoms with Gasteiger partial charge in [0.1, 0.15) is 0 Å². The van der Waals surface area contributed by atoms with E-state index in [0.29, 0.717) is 11.8 Å². The lowest BCUT2D eigenvalue weighted by Crippen LogP contribution is -2.03. The van der Waals surface area contributed by atoms with E-state index in [0.717, 1.165) is 0 Å². The summed E-state index contributed by atoms with van der Waals surface area (Å²) < 4.78 is 0. The molecule has 0 aromatic heterocycles. The molecule has 2 aliphatic carbocycles. The van der Waals surface area contributed by atoms with E-state index in [-0.39, 0.29) is 0 Å². The van der Waals surface area contributed by atoms with Gasteiger partial charge in [0.15, 0.2) is 0 Å². The van der Waals surface area contributed by atoms with Crippen LogP contribution in [0.4, 0.5) is 0 Å². The highest BCUT2D eigenvalue weighted by Gasteiger charge is 2.18. The summed E-state index contributed by atoms with van der Waals surface area (Å²) in [6.07, 6.45) is 16.8. The molecular weight excluding hydrogens is 144 g/mol. The highest BCUT2D eigenvalue weighted by Crippen LogP contribution is 2.32. The summed E-state index contributed by atoms with van der Waals surface area (Å²) in [5.74, 6) is 1.26. The minimum atomic E-state index is 0.574. The predicted octanol–water partition coefficient (Wildman–Crippen LogP) is 3.25. The van der Waals surface area contributed by atoms with E-state index in [1.54, 1.807) is 5.57 Å². The van der Waals surface area contributed by atoms with Gasteiger partial charge in [0, 0.05) is 5.92 Å².